The largest absolute Gasteiger partial charge is 0.485 e. The highest BCUT2D eigenvalue weighted by molar-refractivity contribution is 5.55. The normalized spacial score (nSPS) is 11.3. The quantitative estimate of drug-likeness (QED) is 0.939. The van der Waals surface area contributed by atoms with Gasteiger partial charge < -0.3 is 10.1 Å². The summed E-state index contributed by atoms with van der Waals surface area (Å²) in [4.78, 5) is 7.73. The highest BCUT2D eigenvalue weighted by atomic mass is 19.4. The fraction of sp³-hybridized carbons (Fsp3) is 0.286. The zero-order valence-corrected chi connectivity index (χ0v) is 11.5. The number of nitrogens with one attached hydrogen (secondary N) is 1. The van der Waals surface area contributed by atoms with Crippen LogP contribution in [0.2, 0.25) is 0 Å². The Hall–Kier alpha value is -2.31. The molecule has 0 atom stereocenters. The summed E-state index contributed by atoms with van der Waals surface area (Å²) in [6.45, 7) is 1.48. The van der Waals surface area contributed by atoms with Crippen molar-refractivity contribution in [3.05, 3.63) is 47.5 Å². The Morgan fingerprint density at radius 3 is 2.67 bits per heavy atom. The van der Waals surface area contributed by atoms with E-state index in [0.29, 0.717) is 17.1 Å². The molecule has 0 saturated heterocycles. The number of ether oxygens (including phenoxy) is 1. The number of halogens is 3. The number of alkyl halides is 3. The standard InChI is InChI=1S/C14H14F3N3O/c1-9-13(6-19-8-20-9)21-7-10-11(14(15,16)17)4-3-5-12(10)18-2/h3-6,8,18H,7H2,1-2H3. The van der Waals surface area contributed by atoms with Gasteiger partial charge >= 0.3 is 6.18 Å². The van der Waals surface area contributed by atoms with Gasteiger partial charge in [0.05, 0.1) is 17.5 Å². The smallest absolute Gasteiger partial charge is 0.416 e. The Morgan fingerprint density at radius 1 is 1.29 bits per heavy atom. The van der Waals surface area contributed by atoms with Crippen LogP contribution in [-0.2, 0) is 12.8 Å². The average molecular weight is 297 g/mol. The van der Waals surface area contributed by atoms with Crippen LogP contribution in [0.5, 0.6) is 5.75 Å². The molecule has 21 heavy (non-hydrogen) atoms. The minimum atomic E-state index is -4.44. The van der Waals surface area contributed by atoms with E-state index in [1.165, 1.54) is 18.6 Å². The summed E-state index contributed by atoms with van der Waals surface area (Å²) in [5, 5.41) is 2.75. The van der Waals surface area contributed by atoms with E-state index in [1.807, 2.05) is 0 Å². The number of aromatic nitrogens is 2. The Labute approximate surface area is 120 Å². The number of benzene rings is 1. The molecule has 2 aromatic rings. The van der Waals surface area contributed by atoms with E-state index in [0.717, 1.165) is 6.07 Å². The van der Waals surface area contributed by atoms with Gasteiger partial charge in [-0.15, -0.1) is 0 Å². The molecule has 0 aliphatic carbocycles. The fourth-order valence-electron chi connectivity index (χ4n) is 1.91. The summed E-state index contributed by atoms with van der Waals surface area (Å²) < 4.78 is 44.6. The van der Waals surface area contributed by atoms with E-state index in [2.05, 4.69) is 15.3 Å². The second kappa shape index (κ2) is 5.99. The molecular formula is C14H14F3N3O. The van der Waals surface area contributed by atoms with E-state index in [-0.39, 0.29) is 12.2 Å². The van der Waals surface area contributed by atoms with Crippen LogP contribution >= 0.6 is 0 Å². The monoisotopic (exact) mass is 297 g/mol. The molecule has 0 spiro atoms. The molecule has 1 aromatic heterocycles. The van der Waals surface area contributed by atoms with Crippen molar-refractivity contribution in [1.82, 2.24) is 9.97 Å². The van der Waals surface area contributed by atoms with Crippen LogP contribution in [0, 0.1) is 6.92 Å². The molecule has 1 aromatic carbocycles. The number of rotatable bonds is 4. The van der Waals surface area contributed by atoms with Crippen LogP contribution in [0.4, 0.5) is 18.9 Å². The number of nitrogens with zero attached hydrogens (tertiary/aromatic N) is 2. The highest BCUT2D eigenvalue weighted by Gasteiger charge is 2.34. The second-order valence-corrected chi connectivity index (χ2v) is 4.34. The first kappa shape index (κ1) is 15.1. The van der Waals surface area contributed by atoms with Gasteiger partial charge in [0.2, 0.25) is 0 Å². The molecule has 1 heterocycles. The summed E-state index contributed by atoms with van der Waals surface area (Å²) in [6, 6.07) is 3.96. The maximum atomic E-state index is 13.1. The summed E-state index contributed by atoms with van der Waals surface area (Å²) >= 11 is 0. The van der Waals surface area contributed by atoms with E-state index < -0.39 is 11.7 Å². The number of hydrogen-bond donors (Lipinski definition) is 1. The first-order chi connectivity index (χ1) is 9.93. The lowest BCUT2D eigenvalue weighted by Gasteiger charge is -2.17. The third-order valence-electron chi connectivity index (χ3n) is 2.99. The Bertz CT molecular complexity index is 629. The molecule has 4 nitrogen and oxygen atoms in total. The molecule has 1 N–H and O–H groups in total. The van der Waals surface area contributed by atoms with Crippen LogP contribution in [-0.4, -0.2) is 17.0 Å². The summed E-state index contributed by atoms with van der Waals surface area (Å²) in [6.07, 6.45) is -1.66. The summed E-state index contributed by atoms with van der Waals surface area (Å²) in [5.41, 5.74) is 0.277. The van der Waals surface area contributed by atoms with Crippen molar-refractivity contribution in [2.45, 2.75) is 19.7 Å². The van der Waals surface area contributed by atoms with Crippen molar-refractivity contribution >= 4 is 5.69 Å². The van der Waals surface area contributed by atoms with Gasteiger partial charge in [0, 0.05) is 18.3 Å². The third-order valence-corrected chi connectivity index (χ3v) is 2.99. The Morgan fingerprint density at radius 2 is 2.05 bits per heavy atom. The van der Waals surface area contributed by atoms with Gasteiger partial charge in [0.15, 0.2) is 5.75 Å². The lowest BCUT2D eigenvalue weighted by atomic mass is 10.1. The molecule has 112 valence electrons. The third kappa shape index (κ3) is 3.42. The summed E-state index contributed by atoms with van der Waals surface area (Å²) in [7, 11) is 1.57. The molecule has 0 aliphatic heterocycles. The molecular weight excluding hydrogens is 283 g/mol. The molecule has 2 rings (SSSR count). The van der Waals surface area contributed by atoms with Gasteiger partial charge in [-0.2, -0.15) is 13.2 Å². The summed E-state index contributed by atoms with van der Waals surface area (Å²) in [5.74, 6) is 0.358. The van der Waals surface area contributed by atoms with Crippen molar-refractivity contribution < 1.29 is 17.9 Å². The number of anilines is 1. The van der Waals surface area contributed by atoms with Crippen molar-refractivity contribution in [2.75, 3.05) is 12.4 Å². The van der Waals surface area contributed by atoms with Gasteiger partial charge in [0.25, 0.3) is 0 Å². The van der Waals surface area contributed by atoms with Gasteiger partial charge in [-0.05, 0) is 19.1 Å². The highest BCUT2D eigenvalue weighted by Crippen LogP contribution is 2.35. The fourth-order valence-corrected chi connectivity index (χ4v) is 1.91. The molecule has 0 bridgehead atoms. The van der Waals surface area contributed by atoms with Crippen LogP contribution in [0.15, 0.2) is 30.7 Å². The minimum Gasteiger partial charge on any atom is -0.485 e. The zero-order valence-electron chi connectivity index (χ0n) is 11.5. The molecule has 0 radical (unpaired) electrons. The lowest BCUT2D eigenvalue weighted by Crippen LogP contribution is -2.13. The van der Waals surface area contributed by atoms with Crippen LogP contribution in [0.25, 0.3) is 0 Å². The Balaban J connectivity index is 2.32. The first-order valence-electron chi connectivity index (χ1n) is 6.19. The molecule has 0 fully saturated rings. The van der Waals surface area contributed by atoms with Gasteiger partial charge in [-0.3, -0.25) is 0 Å². The average Bonchev–Trinajstić information content (AvgIpc) is 2.45. The number of aryl methyl sites for hydroxylation is 1. The van der Waals surface area contributed by atoms with E-state index >= 15 is 0 Å². The van der Waals surface area contributed by atoms with E-state index in [4.69, 9.17) is 4.74 Å². The van der Waals surface area contributed by atoms with Gasteiger partial charge in [-0.25, -0.2) is 9.97 Å². The zero-order chi connectivity index (χ0) is 15.5. The van der Waals surface area contributed by atoms with Crippen molar-refractivity contribution in [1.29, 1.82) is 0 Å². The van der Waals surface area contributed by atoms with Gasteiger partial charge in [0.1, 0.15) is 12.9 Å². The molecule has 0 aliphatic rings. The maximum absolute atomic E-state index is 13.1. The topological polar surface area (TPSA) is 47.0 Å². The lowest BCUT2D eigenvalue weighted by molar-refractivity contribution is -0.138. The van der Waals surface area contributed by atoms with Crippen molar-refractivity contribution in [3.63, 3.8) is 0 Å². The van der Waals surface area contributed by atoms with E-state index in [9.17, 15) is 13.2 Å². The minimum absolute atomic E-state index is 0.0516. The van der Waals surface area contributed by atoms with Crippen LogP contribution < -0.4 is 10.1 Å². The first-order valence-corrected chi connectivity index (χ1v) is 6.19. The predicted molar refractivity (Wildman–Crippen MR) is 72.1 cm³/mol. The molecule has 0 amide bonds. The van der Waals surface area contributed by atoms with Gasteiger partial charge in [-0.1, -0.05) is 6.07 Å². The van der Waals surface area contributed by atoms with E-state index in [1.54, 1.807) is 20.0 Å². The number of hydrogen-bond acceptors (Lipinski definition) is 4. The second-order valence-electron chi connectivity index (χ2n) is 4.34. The SMILES string of the molecule is CNc1cccc(C(F)(F)F)c1COc1cncnc1C. The maximum Gasteiger partial charge on any atom is 0.416 e. The van der Waals surface area contributed by atoms with Crippen LogP contribution in [0.3, 0.4) is 0 Å². The predicted octanol–water partition coefficient (Wildman–Crippen LogP) is 3.42. The van der Waals surface area contributed by atoms with Crippen molar-refractivity contribution in [3.8, 4) is 5.75 Å². The van der Waals surface area contributed by atoms with Crippen LogP contribution in [0.1, 0.15) is 16.8 Å². The molecule has 7 heteroatoms. The Kier molecular flexibility index (Phi) is 4.30. The van der Waals surface area contributed by atoms with Crippen molar-refractivity contribution in [2.24, 2.45) is 0 Å². The molecule has 0 unspecified atom stereocenters. The molecule has 0 saturated carbocycles.